The fourth-order valence-electron chi connectivity index (χ4n) is 0. The van der Waals surface area contributed by atoms with Crippen molar-refractivity contribution >= 4 is 35.6 Å². The van der Waals surface area contributed by atoms with Gasteiger partial charge in [-0.15, -0.1) is 0 Å². The molecule has 0 fully saturated rings. The van der Waals surface area contributed by atoms with Crippen molar-refractivity contribution in [2.24, 2.45) is 0 Å². The molecular weight excluding hydrogens is 301 g/mol. The van der Waals surface area contributed by atoms with Gasteiger partial charge in [-0.2, -0.15) is 0 Å². The second kappa shape index (κ2) is 3.02. The van der Waals surface area contributed by atoms with Gasteiger partial charge in [0, 0.05) is 26.6 Å². The van der Waals surface area contributed by atoms with Gasteiger partial charge in [0.1, 0.15) is 0 Å². The molecule has 0 spiro atoms. The molecule has 0 aliphatic carbocycles. The van der Waals surface area contributed by atoms with Crippen molar-refractivity contribution in [2.45, 2.75) is 0 Å². The van der Waals surface area contributed by atoms with Crippen LogP contribution in [0.1, 0.15) is 0 Å². The minimum absolute atomic E-state index is 0. The Morgan fingerprint density at radius 1 is 0.833 bits per heavy atom. The molecule has 0 unspecified atom stereocenters. The molecular formula is H4O4PoSi. The predicted molar refractivity (Wildman–Crippen MR) is 20.4 cm³/mol. The number of hydrogen-bond donors (Lipinski definition) is 4. The van der Waals surface area contributed by atoms with Gasteiger partial charge in [-0.3, -0.25) is 0 Å². The monoisotopic (exact) mass is 305 g/mol. The molecule has 0 amide bonds. The van der Waals surface area contributed by atoms with Crippen molar-refractivity contribution in [3.63, 3.8) is 0 Å². The van der Waals surface area contributed by atoms with E-state index in [-0.39, 0.29) is 26.6 Å². The van der Waals surface area contributed by atoms with Crippen LogP contribution >= 0.6 is 0 Å². The fraction of sp³-hybridized carbons (Fsp3) is 0. The average Bonchev–Trinajstić information content (AvgIpc) is 0.722. The quantitative estimate of drug-likeness (QED) is 0.360. The van der Waals surface area contributed by atoms with Gasteiger partial charge in [0.2, 0.25) is 0 Å². The summed E-state index contributed by atoms with van der Waals surface area (Å²) in [6.07, 6.45) is 0. The first-order valence-electron chi connectivity index (χ1n) is 0.894. The fourth-order valence-corrected chi connectivity index (χ4v) is 0. The summed E-state index contributed by atoms with van der Waals surface area (Å²) in [6.45, 7) is 0. The van der Waals surface area contributed by atoms with E-state index in [9.17, 15) is 0 Å². The van der Waals surface area contributed by atoms with Crippen LogP contribution in [0.4, 0.5) is 0 Å². The van der Waals surface area contributed by atoms with E-state index in [1.54, 1.807) is 0 Å². The van der Waals surface area contributed by atoms with Crippen molar-refractivity contribution in [3.05, 3.63) is 0 Å². The van der Waals surface area contributed by atoms with E-state index >= 15 is 0 Å². The second-order valence-corrected chi connectivity index (χ2v) is 1.80. The van der Waals surface area contributed by atoms with Crippen LogP contribution in [-0.2, 0) is 0 Å². The van der Waals surface area contributed by atoms with E-state index in [2.05, 4.69) is 0 Å². The van der Waals surface area contributed by atoms with Crippen molar-refractivity contribution in [2.75, 3.05) is 0 Å². The zero-order valence-corrected chi connectivity index (χ0v) is 6.87. The second-order valence-electron chi connectivity index (χ2n) is 0.600. The van der Waals surface area contributed by atoms with Gasteiger partial charge in [0.25, 0.3) is 0 Å². The van der Waals surface area contributed by atoms with Crippen molar-refractivity contribution in [1.82, 2.24) is 0 Å². The van der Waals surface area contributed by atoms with Crippen molar-refractivity contribution < 1.29 is 19.2 Å². The van der Waals surface area contributed by atoms with Gasteiger partial charge < -0.3 is 19.2 Å². The molecule has 4 N–H and O–H groups in total. The van der Waals surface area contributed by atoms with Crippen molar-refractivity contribution in [3.8, 4) is 0 Å². The molecule has 2 radical (unpaired) electrons. The molecule has 0 aliphatic rings. The van der Waals surface area contributed by atoms with Gasteiger partial charge >= 0.3 is 9.05 Å². The van der Waals surface area contributed by atoms with Gasteiger partial charge in [0.15, 0.2) is 0 Å². The molecule has 0 rings (SSSR count). The topological polar surface area (TPSA) is 80.9 Å². The summed E-state index contributed by atoms with van der Waals surface area (Å²) in [5.41, 5.74) is 0. The first kappa shape index (κ1) is 10.0. The smallest absolute Gasteiger partial charge is 0.368 e. The summed E-state index contributed by atoms with van der Waals surface area (Å²) in [5, 5.41) is 0. The van der Waals surface area contributed by atoms with Gasteiger partial charge in [-0.05, 0) is 0 Å². The van der Waals surface area contributed by atoms with Gasteiger partial charge in [0.05, 0.1) is 0 Å². The van der Waals surface area contributed by atoms with E-state index in [0.29, 0.717) is 0 Å². The van der Waals surface area contributed by atoms with Crippen LogP contribution in [-0.4, -0.2) is 54.8 Å². The van der Waals surface area contributed by atoms with Crippen LogP contribution in [0.3, 0.4) is 0 Å². The minimum atomic E-state index is -4.61. The van der Waals surface area contributed by atoms with E-state index in [4.69, 9.17) is 19.2 Å². The Balaban J connectivity index is 0. The Morgan fingerprint density at radius 3 is 0.833 bits per heavy atom. The number of rotatable bonds is 0. The Kier molecular flexibility index (Phi) is 5.06. The minimum Gasteiger partial charge on any atom is -0.368 e. The molecule has 0 atom stereocenters. The third-order valence-electron chi connectivity index (χ3n) is 0. The van der Waals surface area contributed by atoms with Crippen molar-refractivity contribution in [1.29, 1.82) is 0 Å². The summed E-state index contributed by atoms with van der Waals surface area (Å²) in [6, 6.07) is 0. The SMILES string of the molecule is O[Si](O)(O)O.[Po]. The van der Waals surface area contributed by atoms with Crippen LogP contribution in [0.15, 0.2) is 0 Å². The van der Waals surface area contributed by atoms with Crippen LogP contribution in [0.5, 0.6) is 0 Å². The Morgan fingerprint density at radius 2 is 0.833 bits per heavy atom. The van der Waals surface area contributed by atoms with Crippen LogP contribution < -0.4 is 0 Å². The Bertz CT molecular complexity index is 23.0. The van der Waals surface area contributed by atoms with E-state index in [1.807, 2.05) is 0 Å². The van der Waals surface area contributed by atoms with E-state index in [0.717, 1.165) is 0 Å². The zero-order chi connectivity index (χ0) is 4.50. The summed E-state index contributed by atoms with van der Waals surface area (Å²) in [5.74, 6) is 0. The Labute approximate surface area is 55.0 Å². The first-order valence-corrected chi connectivity index (χ1v) is 2.68. The molecule has 0 heterocycles. The predicted octanol–water partition coefficient (Wildman–Crippen LogP) is -2.99. The van der Waals surface area contributed by atoms with Gasteiger partial charge in [-0.1, -0.05) is 0 Å². The summed E-state index contributed by atoms with van der Waals surface area (Å²) in [7, 11) is -4.61. The average molecular weight is 305 g/mol. The molecule has 0 saturated heterocycles. The zero-order valence-electron chi connectivity index (χ0n) is 2.70. The molecule has 0 aromatic rings. The first-order chi connectivity index (χ1) is 2.00. The molecule has 0 aromatic heterocycles. The molecule has 0 aromatic carbocycles. The molecule has 0 saturated carbocycles. The molecule has 6 heteroatoms. The van der Waals surface area contributed by atoms with E-state index < -0.39 is 9.05 Å². The maximum atomic E-state index is 7.33. The van der Waals surface area contributed by atoms with Crippen LogP contribution in [0, 0.1) is 0 Å². The molecule has 0 bridgehead atoms. The largest absolute Gasteiger partial charge is 0.668 e. The number of hydrogen-bond acceptors (Lipinski definition) is 4. The third kappa shape index (κ3) is 85.2. The summed E-state index contributed by atoms with van der Waals surface area (Å²) < 4.78 is 0. The van der Waals surface area contributed by atoms with Gasteiger partial charge in [-0.25, -0.2) is 0 Å². The standard InChI is InChI=1S/H4O4Si.Po/c1-5(2,3)4;/h1-4H;. The summed E-state index contributed by atoms with van der Waals surface area (Å²) in [4.78, 5) is 29.3. The third-order valence-corrected chi connectivity index (χ3v) is 0. The molecule has 0 aliphatic heterocycles. The molecule has 6 heavy (non-hydrogen) atoms. The summed E-state index contributed by atoms with van der Waals surface area (Å²) >= 11 is 0. The van der Waals surface area contributed by atoms with Crippen LogP contribution in [0.2, 0.25) is 0 Å². The maximum absolute atomic E-state index is 7.33. The molecule has 4 nitrogen and oxygen atoms in total. The maximum Gasteiger partial charge on any atom is 0.668 e. The normalized spacial score (nSPS) is 10.0. The molecule has 38 valence electrons. The van der Waals surface area contributed by atoms with E-state index in [1.165, 1.54) is 0 Å². The van der Waals surface area contributed by atoms with Crippen LogP contribution in [0.25, 0.3) is 0 Å². The Hall–Kier alpha value is 0.953.